The molecule has 0 unspecified atom stereocenters. The van der Waals surface area contributed by atoms with Gasteiger partial charge in [0.05, 0.1) is 22.6 Å². The first-order valence-corrected chi connectivity index (χ1v) is 9.85. The Bertz CT molecular complexity index is 1300. The molecule has 0 radical (unpaired) electrons. The number of hydrogen-bond acceptors (Lipinski definition) is 6. The molecule has 0 bridgehead atoms. The minimum absolute atomic E-state index is 0.0281. The summed E-state index contributed by atoms with van der Waals surface area (Å²) in [7, 11) is 0. The molecular formula is C19H15F6N7O. The van der Waals surface area contributed by atoms with Crippen LogP contribution in [0.1, 0.15) is 25.3 Å². The van der Waals surface area contributed by atoms with Crippen LogP contribution in [0.5, 0.6) is 0 Å². The number of alkyl halides is 5. The second-order valence-corrected chi connectivity index (χ2v) is 8.13. The molecule has 3 aromatic heterocycles. The fraction of sp³-hybridized carbons (Fsp3) is 0.421. The van der Waals surface area contributed by atoms with Gasteiger partial charge in [-0.1, -0.05) is 0 Å². The maximum atomic E-state index is 13.9. The average molecular weight is 471 g/mol. The summed E-state index contributed by atoms with van der Waals surface area (Å²) in [5, 5.41) is 9.85. The van der Waals surface area contributed by atoms with Gasteiger partial charge in [-0.25, -0.2) is 24.0 Å². The van der Waals surface area contributed by atoms with Crippen molar-refractivity contribution >= 4 is 28.6 Å². The molecule has 1 atom stereocenters. The summed E-state index contributed by atoms with van der Waals surface area (Å²) in [5.74, 6) is -5.46. The predicted octanol–water partition coefficient (Wildman–Crippen LogP) is 3.64. The van der Waals surface area contributed by atoms with E-state index in [1.165, 1.54) is 0 Å². The third-order valence-corrected chi connectivity index (χ3v) is 5.93. The summed E-state index contributed by atoms with van der Waals surface area (Å²) in [5.41, 5.74) is -0.432. The molecule has 0 aromatic carbocycles. The van der Waals surface area contributed by atoms with Crippen molar-refractivity contribution < 1.29 is 31.1 Å². The van der Waals surface area contributed by atoms with E-state index < -0.39 is 36.3 Å². The average Bonchev–Trinajstić information content (AvgIpc) is 3.21. The number of carbonyl (C=O) groups is 1. The van der Waals surface area contributed by atoms with E-state index >= 15 is 0 Å². The smallest absolute Gasteiger partial charge is 0.370 e. The summed E-state index contributed by atoms with van der Waals surface area (Å²) in [6, 6.07) is 1.02. The van der Waals surface area contributed by atoms with Crippen LogP contribution < -0.4 is 10.6 Å². The number of amides is 1. The van der Waals surface area contributed by atoms with Crippen LogP contribution in [0.4, 0.5) is 38.0 Å². The van der Waals surface area contributed by atoms with Crippen LogP contribution in [0.2, 0.25) is 0 Å². The molecule has 2 aliphatic rings. The van der Waals surface area contributed by atoms with E-state index in [0.717, 1.165) is 16.9 Å². The van der Waals surface area contributed by atoms with E-state index in [2.05, 4.69) is 30.7 Å². The van der Waals surface area contributed by atoms with Crippen LogP contribution in [0.3, 0.4) is 0 Å². The first-order valence-electron chi connectivity index (χ1n) is 9.85. The lowest BCUT2D eigenvalue weighted by Gasteiger charge is -2.28. The summed E-state index contributed by atoms with van der Waals surface area (Å²) in [4.78, 5) is 25.0. The van der Waals surface area contributed by atoms with Crippen LogP contribution in [-0.2, 0) is 16.8 Å². The van der Waals surface area contributed by atoms with Crippen LogP contribution >= 0.6 is 0 Å². The highest BCUT2D eigenvalue weighted by molar-refractivity contribution is 6.07. The standard InChI is InChI=1S/C19H15F6N7O/c1-17-2-4-26-12-10(17)13(30-16(17)33)29-14(28-12)11-9-6-8(20)7-27-15(9)32(31-11)5-3-18(21,22)19(23,24)25/h6-7H,2-5H2,1H3,(H2,26,28,29,30,33)/t17-/m1/s1. The number of aromatic nitrogens is 5. The zero-order valence-corrected chi connectivity index (χ0v) is 16.9. The molecule has 174 valence electrons. The van der Waals surface area contributed by atoms with Crippen molar-refractivity contribution in [3.8, 4) is 11.5 Å². The number of halogens is 6. The van der Waals surface area contributed by atoms with Crippen molar-refractivity contribution in [1.82, 2.24) is 24.7 Å². The third kappa shape index (κ3) is 3.18. The number of hydrogen-bond donors (Lipinski definition) is 2. The van der Waals surface area contributed by atoms with Gasteiger partial charge < -0.3 is 10.6 Å². The summed E-state index contributed by atoms with van der Waals surface area (Å²) in [6.45, 7) is 1.36. The number of carbonyl (C=O) groups excluding carboxylic acids is 1. The Morgan fingerprint density at radius 1 is 1.18 bits per heavy atom. The summed E-state index contributed by atoms with van der Waals surface area (Å²) in [6.07, 6.45) is -5.99. The Kier molecular flexibility index (Phi) is 4.39. The first-order chi connectivity index (χ1) is 15.4. The highest BCUT2D eigenvalue weighted by Crippen LogP contribution is 2.46. The number of aryl methyl sites for hydroxylation is 1. The second kappa shape index (κ2) is 6.78. The number of nitrogens with one attached hydrogen (secondary N) is 2. The zero-order chi connectivity index (χ0) is 23.8. The minimum Gasteiger partial charge on any atom is -0.370 e. The monoisotopic (exact) mass is 471 g/mol. The van der Waals surface area contributed by atoms with E-state index in [4.69, 9.17) is 0 Å². The van der Waals surface area contributed by atoms with E-state index in [9.17, 15) is 31.1 Å². The highest BCUT2D eigenvalue weighted by Gasteiger charge is 2.57. The number of fused-ring (bicyclic) bond motifs is 1. The van der Waals surface area contributed by atoms with Crippen LogP contribution in [0.25, 0.3) is 22.6 Å². The van der Waals surface area contributed by atoms with Gasteiger partial charge in [-0.3, -0.25) is 4.79 Å². The quantitative estimate of drug-likeness (QED) is 0.564. The summed E-state index contributed by atoms with van der Waals surface area (Å²) >= 11 is 0. The first kappa shape index (κ1) is 21.4. The maximum Gasteiger partial charge on any atom is 0.453 e. The fourth-order valence-corrected chi connectivity index (χ4v) is 4.08. The van der Waals surface area contributed by atoms with Crippen LogP contribution in [0.15, 0.2) is 12.3 Å². The molecule has 33 heavy (non-hydrogen) atoms. The van der Waals surface area contributed by atoms with Gasteiger partial charge >= 0.3 is 12.1 Å². The van der Waals surface area contributed by atoms with Crippen molar-refractivity contribution in [3.63, 3.8) is 0 Å². The Morgan fingerprint density at radius 3 is 2.64 bits per heavy atom. The molecule has 2 aliphatic heterocycles. The molecule has 2 N–H and O–H groups in total. The van der Waals surface area contributed by atoms with Crippen molar-refractivity contribution in [1.29, 1.82) is 0 Å². The van der Waals surface area contributed by atoms with Gasteiger partial charge in [0, 0.05) is 19.5 Å². The van der Waals surface area contributed by atoms with Crippen LogP contribution in [0, 0.1) is 5.82 Å². The van der Waals surface area contributed by atoms with Gasteiger partial charge in [-0.2, -0.15) is 27.1 Å². The Hall–Kier alpha value is -3.45. The van der Waals surface area contributed by atoms with Gasteiger partial charge in [0.15, 0.2) is 11.5 Å². The Morgan fingerprint density at radius 2 is 1.91 bits per heavy atom. The number of rotatable bonds is 4. The molecular weight excluding hydrogens is 456 g/mol. The Balaban J connectivity index is 1.61. The van der Waals surface area contributed by atoms with Gasteiger partial charge in [-0.05, 0) is 19.4 Å². The molecule has 1 amide bonds. The number of pyridine rings is 1. The van der Waals surface area contributed by atoms with Crippen LogP contribution in [-0.4, -0.2) is 49.3 Å². The van der Waals surface area contributed by atoms with Gasteiger partial charge in [0.25, 0.3) is 0 Å². The highest BCUT2D eigenvalue weighted by atomic mass is 19.4. The van der Waals surface area contributed by atoms with E-state index in [-0.39, 0.29) is 34.3 Å². The lowest BCUT2D eigenvalue weighted by Crippen LogP contribution is -2.37. The lowest BCUT2D eigenvalue weighted by atomic mass is 9.79. The topological polar surface area (TPSA) is 97.6 Å². The number of nitrogens with zero attached hydrogens (tertiary/aromatic N) is 5. The van der Waals surface area contributed by atoms with Crippen molar-refractivity contribution in [2.75, 3.05) is 17.2 Å². The fourth-order valence-electron chi connectivity index (χ4n) is 4.08. The Labute approximate surface area is 181 Å². The maximum absolute atomic E-state index is 13.9. The molecule has 5 rings (SSSR count). The third-order valence-electron chi connectivity index (χ3n) is 5.93. The normalized spacial score (nSPS) is 20.0. The summed E-state index contributed by atoms with van der Waals surface area (Å²) < 4.78 is 79.4. The minimum atomic E-state index is -5.72. The SMILES string of the molecule is C[C@@]12CCNc3nc(-c4nn(CCC(F)(F)C(F)(F)F)c5ncc(F)cc45)nc(c31)NC2=O. The molecule has 3 aromatic rings. The molecule has 0 fully saturated rings. The van der Waals surface area contributed by atoms with Gasteiger partial charge in [0.1, 0.15) is 23.1 Å². The molecule has 0 saturated carbocycles. The molecule has 5 heterocycles. The second-order valence-electron chi connectivity index (χ2n) is 8.13. The predicted molar refractivity (Wildman–Crippen MR) is 103 cm³/mol. The molecule has 8 nitrogen and oxygen atoms in total. The molecule has 0 aliphatic carbocycles. The van der Waals surface area contributed by atoms with Crippen molar-refractivity contribution in [2.24, 2.45) is 0 Å². The van der Waals surface area contributed by atoms with Crippen molar-refractivity contribution in [3.05, 3.63) is 23.6 Å². The largest absolute Gasteiger partial charge is 0.453 e. The van der Waals surface area contributed by atoms with Gasteiger partial charge in [0.2, 0.25) is 5.91 Å². The number of anilines is 2. The zero-order valence-electron chi connectivity index (χ0n) is 16.9. The molecule has 14 heteroatoms. The molecule has 0 saturated heterocycles. The molecule has 0 spiro atoms. The van der Waals surface area contributed by atoms with Crippen molar-refractivity contribution in [2.45, 2.75) is 43.8 Å². The van der Waals surface area contributed by atoms with E-state index in [1.807, 2.05) is 0 Å². The van der Waals surface area contributed by atoms with Gasteiger partial charge in [-0.15, -0.1) is 0 Å². The van der Waals surface area contributed by atoms with E-state index in [0.29, 0.717) is 24.3 Å². The van der Waals surface area contributed by atoms with E-state index in [1.54, 1.807) is 6.92 Å². The lowest BCUT2D eigenvalue weighted by molar-refractivity contribution is -0.285.